The van der Waals surface area contributed by atoms with Gasteiger partial charge in [0, 0.05) is 0 Å². The molecule has 0 amide bonds. The molecule has 0 bridgehead atoms. The number of pyridine rings is 1. The quantitative estimate of drug-likeness (QED) is 0.671. The molecular weight excluding hydrogens is 185 g/mol. The van der Waals surface area contributed by atoms with Gasteiger partial charge < -0.3 is 4.74 Å². The molecule has 0 saturated carbocycles. The first-order chi connectivity index (χ1) is 5.27. The van der Waals surface area contributed by atoms with Crippen LogP contribution in [0.15, 0.2) is 12.3 Å². The minimum absolute atomic E-state index is 0.365. The maximum atomic E-state index is 5.78. The molecule has 0 spiro atoms. The Bertz CT molecular complexity index is 252. The Morgan fingerprint density at radius 2 is 2.36 bits per heavy atom. The van der Waals surface area contributed by atoms with E-state index in [1.54, 1.807) is 19.4 Å². The molecule has 1 rings (SSSR count). The van der Waals surface area contributed by atoms with Gasteiger partial charge in [-0.1, -0.05) is 11.6 Å². The number of halogens is 2. The third-order valence-corrected chi connectivity index (χ3v) is 1.80. The standard InChI is InChI=1S/C7H7Cl2NO/c1-11-7-4-10-5(3-8)2-6(7)9/h2,4H,3H2,1H3. The summed E-state index contributed by atoms with van der Waals surface area (Å²) in [5.74, 6) is 0.935. The summed E-state index contributed by atoms with van der Waals surface area (Å²) in [6, 6.07) is 1.69. The van der Waals surface area contributed by atoms with Crippen molar-refractivity contribution in [3.8, 4) is 5.75 Å². The molecule has 60 valence electrons. The lowest BCUT2D eigenvalue weighted by molar-refractivity contribution is 0.413. The Labute approximate surface area is 75.1 Å². The van der Waals surface area contributed by atoms with Crippen LogP contribution >= 0.6 is 23.2 Å². The first-order valence-corrected chi connectivity index (χ1v) is 3.93. The summed E-state index contributed by atoms with van der Waals surface area (Å²) in [5.41, 5.74) is 0.748. The monoisotopic (exact) mass is 191 g/mol. The fraction of sp³-hybridized carbons (Fsp3) is 0.286. The summed E-state index contributed by atoms with van der Waals surface area (Å²) in [7, 11) is 1.54. The highest BCUT2D eigenvalue weighted by Gasteiger charge is 2.01. The smallest absolute Gasteiger partial charge is 0.155 e. The number of aromatic nitrogens is 1. The van der Waals surface area contributed by atoms with Crippen molar-refractivity contribution < 1.29 is 4.74 Å². The molecule has 0 aliphatic carbocycles. The summed E-state index contributed by atoms with van der Waals surface area (Å²) < 4.78 is 4.91. The van der Waals surface area contributed by atoms with Gasteiger partial charge in [-0.05, 0) is 6.07 Å². The van der Waals surface area contributed by atoms with Gasteiger partial charge in [-0.3, -0.25) is 4.98 Å². The molecule has 0 aliphatic heterocycles. The molecule has 1 heterocycles. The SMILES string of the molecule is COc1cnc(CCl)cc1Cl. The third-order valence-electron chi connectivity index (χ3n) is 1.23. The Morgan fingerprint density at radius 3 is 2.82 bits per heavy atom. The van der Waals surface area contributed by atoms with Crippen molar-refractivity contribution in [2.24, 2.45) is 0 Å². The summed E-state index contributed by atoms with van der Waals surface area (Å²) >= 11 is 11.3. The maximum Gasteiger partial charge on any atom is 0.155 e. The predicted molar refractivity (Wildman–Crippen MR) is 45.4 cm³/mol. The fourth-order valence-electron chi connectivity index (χ4n) is 0.681. The number of nitrogens with zero attached hydrogens (tertiary/aromatic N) is 1. The van der Waals surface area contributed by atoms with E-state index >= 15 is 0 Å². The van der Waals surface area contributed by atoms with E-state index in [4.69, 9.17) is 27.9 Å². The molecule has 0 atom stereocenters. The Hall–Kier alpha value is -0.470. The third kappa shape index (κ3) is 1.98. The maximum absolute atomic E-state index is 5.78. The van der Waals surface area contributed by atoms with Gasteiger partial charge in [0.1, 0.15) is 0 Å². The number of alkyl halides is 1. The normalized spacial score (nSPS) is 9.73. The molecule has 0 saturated heterocycles. The lowest BCUT2D eigenvalue weighted by Gasteiger charge is -2.01. The molecule has 1 aromatic heterocycles. The van der Waals surface area contributed by atoms with Crippen molar-refractivity contribution in [3.05, 3.63) is 23.0 Å². The zero-order chi connectivity index (χ0) is 8.27. The molecule has 4 heteroatoms. The van der Waals surface area contributed by atoms with Gasteiger partial charge in [0.05, 0.1) is 29.9 Å². The van der Waals surface area contributed by atoms with Crippen LogP contribution in [0, 0.1) is 0 Å². The van der Waals surface area contributed by atoms with Crippen LogP contribution in [-0.2, 0) is 5.88 Å². The summed E-state index contributed by atoms with van der Waals surface area (Å²) in [6.07, 6.45) is 1.56. The van der Waals surface area contributed by atoms with E-state index in [1.165, 1.54) is 0 Å². The molecular formula is C7H7Cl2NO. The van der Waals surface area contributed by atoms with E-state index in [-0.39, 0.29) is 0 Å². The number of ether oxygens (including phenoxy) is 1. The van der Waals surface area contributed by atoms with Gasteiger partial charge in [0.15, 0.2) is 5.75 Å². The van der Waals surface area contributed by atoms with Crippen LogP contribution in [0.4, 0.5) is 0 Å². The minimum Gasteiger partial charge on any atom is -0.494 e. The highest BCUT2D eigenvalue weighted by Crippen LogP contribution is 2.23. The van der Waals surface area contributed by atoms with Crippen molar-refractivity contribution in [2.75, 3.05) is 7.11 Å². The first-order valence-electron chi connectivity index (χ1n) is 3.02. The topological polar surface area (TPSA) is 22.1 Å². The molecule has 0 radical (unpaired) electrons. The number of methoxy groups -OCH3 is 1. The highest BCUT2D eigenvalue weighted by molar-refractivity contribution is 6.32. The van der Waals surface area contributed by atoms with Gasteiger partial charge in [-0.2, -0.15) is 0 Å². The van der Waals surface area contributed by atoms with Crippen LogP contribution in [0.1, 0.15) is 5.69 Å². The summed E-state index contributed by atoms with van der Waals surface area (Å²) in [5, 5.41) is 0.540. The summed E-state index contributed by atoms with van der Waals surface area (Å²) in [4.78, 5) is 3.99. The molecule has 2 nitrogen and oxygen atoms in total. The van der Waals surface area contributed by atoms with Crippen LogP contribution in [0.25, 0.3) is 0 Å². The molecule has 0 fully saturated rings. The Balaban J connectivity index is 2.99. The molecule has 11 heavy (non-hydrogen) atoms. The van der Waals surface area contributed by atoms with Crippen molar-refractivity contribution in [1.29, 1.82) is 0 Å². The second-order valence-corrected chi connectivity index (χ2v) is 2.62. The minimum atomic E-state index is 0.365. The summed E-state index contributed by atoms with van der Waals surface area (Å²) in [6.45, 7) is 0. The number of rotatable bonds is 2. The Kier molecular flexibility index (Phi) is 2.97. The van der Waals surface area contributed by atoms with Crippen molar-refractivity contribution >= 4 is 23.2 Å². The Morgan fingerprint density at radius 1 is 1.64 bits per heavy atom. The zero-order valence-electron chi connectivity index (χ0n) is 5.97. The lowest BCUT2D eigenvalue weighted by Crippen LogP contribution is -1.89. The van der Waals surface area contributed by atoms with E-state index < -0.39 is 0 Å². The van der Waals surface area contributed by atoms with Crippen LogP contribution in [0.3, 0.4) is 0 Å². The van der Waals surface area contributed by atoms with Crippen molar-refractivity contribution in [3.63, 3.8) is 0 Å². The van der Waals surface area contributed by atoms with E-state index in [2.05, 4.69) is 4.98 Å². The average molecular weight is 192 g/mol. The van der Waals surface area contributed by atoms with Crippen molar-refractivity contribution in [2.45, 2.75) is 5.88 Å². The molecule has 0 aliphatic rings. The van der Waals surface area contributed by atoms with Crippen molar-refractivity contribution in [1.82, 2.24) is 4.98 Å². The second-order valence-electron chi connectivity index (χ2n) is 1.94. The van der Waals surface area contributed by atoms with Crippen LogP contribution in [-0.4, -0.2) is 12.1 Å². The van der Waals surface area contributed by atoms with E-state index in [1.807, 2.05) is 0 Å². The van der Waals surface area contributed by atoms with Gasteiger partial charge in [-0.15, -0.1) is 11.6 Å². The second kappa shape index (κ2) is 3.79. The average Bonchev–Trinajstić information content (AvgIpc) is 2.04. The van der Waals surface area contributed by atoms with Gasteiger partial charge in [0.2, 0.25) is 0 Å². The van der Waals surface area contributed by atoms with E-state index in [9.17, 15) is 0 Å². The van der Waals surface area contributed by atoms with E-state index in [0.717, 1.165) is 5.69 Å². The number of hydrogen-bond acceptors (Lipinski definition) is 2. The van der Waals surface area contributed by atoms with Crippen LogP contribution in [0.2, 0.25) is 5.02 Å². The van der Waals surface area contributed by atoms with Gasteiger partial charge in [0.25, 0.3) is 0 Å². The van der Waals surface area contributed by atoms with Crippen LogP contribution < -0.4 is 4.74 Å². The molecule has 0 unspecified atom stereocenters. The lowest BCUT2D eigenvalue weighted by atomic mass is 10.4. The van der Waals surface area contributed by atoms with Gasteiger partial charge in [-0.25, -0.2) is 0 Å². The molecule has 1 aromatic rings. The predicted octanol–water partition coefficient (Wildman–Crippen LogP) is 2.48. The highest BCUT2D eigenvalue weighted by atomic mass is 35.5. The van der Waals surface area contributed by atoms with E-state index in [0.29, 0.717) is 16.7 Å². The number of hydrogen-bond donors (Lipinski definition) is 0. The first kappa shape index (κ1) is 8.62. The fourth-order valence-corrected chi connectivity index (χ4v) is 1.08. The zero-order valence-corrected chi connectivity index (χ0v) is 7.49. The molecule has 0 N–H and O–H groups in total. The van der Waals surface area contributed by atoms with Gasteiger partial charge >= 0.3 is 0 Å². The molecule has 0 aromatic carbocycles. The largest absolute Gasteiger partial charge is 0.494 e. The van der Waals surface area contributed by atoms with Crippen LogP contribution in [0.5, 0.6) is 5.75 Å².